The van der Waals surface area contributed by atoms with Crippen LogP contribution in [0.4, 0.5) is 0 Å². The smallest absolute Gasteiger partial charge is 0.252 e. The van der Waals surface area contributed by atoms with Crippen molar-refractivity contribution in [2.24, 2.45) is 0 Å². The van der Waals surface area contributed by atoms with Gasteiger partial charge in [-0.25, -0.2) is 4.98 Å². The Kier molecular flexibility index (Phi) is 4.41. The Morgan fingerprint density at radius 2 is 1.92 bits per heavy atom. The number of nitrogens with zero attached hydrogens (tertiary/aromatic N) is 1. The number of aromatic nitrogens is 1. The molecule has 2 atom stereocenters. The van der Waals surface area contributed by atoms with Crippen LogP contribution >= 0.6 is 0 Å². The number of nitrogens with one attached hydrogen (secondary N) is 2. The molecule has 26 heavy (non-hydrogen) atoms. The molecular weight excluding hydrogens is 326 g/mol. The lowest BCUT2D eigenvalue weighted by Crippen LogP contribution is -2.42. The third-order valence-electron chi connectivity index (χ3n) is 4.81. The highest BCUT2D eigenvalue weighted by Crippen LogP contribution is 2.25. The number of aliphatic hydroxyl groups excluding tert-OH is 1. The van der Waals surface area contributed by atoms with Gasteiger partial charge < -0.3 is 15.7 Å². The van der Waals surface area contributed by atoms with E-state index in [1.807, 2.05) is 61.5 Å². The van der Waals surface area contributed by atoms with Crippen molar-refractivity contribution in [3.05, 3.63) is 65.7 Å². The Balaban J connectivity index is 1.76. The minimum Gasteiger partial charge on any atom is -0.390 e. The van der Waals surface area contributed by atoms with Gasteiger partial charge >= 0.3 is 0 Å². The van der Waals surface area contributed by atoms with E-state index in [-0.39, 0.29) is 11.9 Å². The molecular formula is C21H21N3O2. The molecule has 2 heterocycles. The quantitative estimate of drug-likeness (QED) is 0.679. The topological polar surface area (TPSA) is 74.2 Å². The van der Waals surface area contributed by atoms with Gasteiger partial charge in [-0.1, -0.05) is 48.0 Å². The summed E-state index contributed by atoms with van der Waals surface area (Å²) in [5, 5.41) is 16.8. The van der Waals surface area contributed by atoms with Crippen LogP contribution in [0.15, 0.2) is 54.6 Å². The molecule has 1 aliphatic heterocycles. The number of aryl methyl sites for hydroxylation is 1. The zero-order valence-electron chi connectivity index (χ0n) is 14.6. The van der Waals surface area contributed by atoms with Gasteiger partial charge in [0.25, 0.3) is 5.91 Å². The second kappa shape index (κ2) is 6.86. The van der Waals surface area contributed by atoms with E-state index in [0.29, 0.717) is 18.7 Å². The Bertz CT molecular complexity index is 953. The first-order chi connectivity index (χ1) is 12.6. The van der Waals surface area contributed by atoms with Crippen LogP contribution in [-0.2, 0) is 0 Å². The molecule has 0 bridgehead atoms. The maximum Gasteiger partial charge on any atom is 0.252 e. The zero-order valence-corrected chi connectivity index (χ0v) is 14.6. The molecule has 5 nitrogen and oxygen atoms in total. The number of rotatable bonds is 3. The molecule has 1 saturated heterocycles. The van der Waals surface area contributed by atoms with Crippen LogP contribution in [0.1, 0.15) is 15.9 Å². The number of carbonyl (C=O) groups excluding carboxylic acids is 1. The molecule has 0 radical (unpaired) electrons. The van der Waals surface area contributed by atoms with Gasteiger partial charge in [0.05, 0.1) is 28.9 Å². The summed E-state index contributed by atoms with van der Waals surface area (Å²) in [5.41, 5.74) is 4.26. The van der Waals surface area contributed by atoms with E-state index in [2.05, 4.69) is 10.6 Å². The summed E-state index contributed by atoms with van der Waals surface area (Å²) in [5.74, 6) is -0.190. The number of hydrogen-bond acceptors (Lipinski definition) is 4. The maximum absolute atomic E-state index is 12.9. The maximum atomic E-state index is 12.9. The van der Waals surface area contributed by atoms with Crippen LogP contribution < -0.4 is 10.6 Å². The van der Waals surface area contributed by atoms with Crippen molar-refractivity contribution < 1.29 is 9.90 Å². The molecule has 0 spiro atoms. The predicted octanol–water partition coefficient (Wildman–Crippen LogP) is 2.27. The Labute approximate surface area is 152 Å². The molecule has 0 saturated carbocycles. The third kappa shape index (κ3) is 3.19. The van der Waals surface area contributed by atoms with E-state index in [0.717, 1.165) is 22.2 Å². The molecule has 132 valence electrons. The average Bonchev–Trinajstić information content (AvgIpc) is 3.06. The minimum atomic E-state index is -0.566. The van der Waals surface area contributed by atoms with E-state index in [1.165, 1.54) is 5.56 Å². The summed E-state index contributed by atoms with van der Waals surface area (Å²) in [7, 11) is 0. The molecule has 5 heteroatoms. The molecule has 1 aromatic heterocycles. The van der Waals surface area contributed by atoms with Crippen molar-refractivity contribution in [2.45, 2.75) is 19.1 Å². The first-order valence-electron chi connectivity index (χ1n) is 8.78. The first kappa shape index (κ1) is 16.7. The molecule has 0 unspecified atom stereocenters. The molecule has 0 aliphatic carbocycles. The lowest BCUT2D eigenvalue weighted by atomic mass is 10.0. The zero-order chi connectivity index (χ0) is 18.1. The van der Waals surface area contributed by atoms with Crippen LogP contribution in [0, 0.1) is 6.92 Å². The average molecular weight is 347 g/mol. The summed E-state index contributed by atoms with van der Waals surface area (Å²) >= 11 is 0. The Morgan fingerprint density at radius 3 is 2.65 bits per heavy atom. The number of pyridine rings is 1. The highest BCUT2D eigenvalue weighted by atomic mass is 16.3. The molecule has 3 N–H and O–H groups in total. The monoisotopic (exact) mass is 347 g/mol. The van der Waals surface area contributed by atoms with Crippen molar-refractivity contribution in [3.8, 4) is 11.3 Å². The van der Waals surface area contributed by atoms with E-state index in [1.54, 1.807) is 0 Å². The van der Waals surface area contributed by atoms with E-state index in [4.69, 9.17) is 4.98 Å². The minimum absolute atomic E-state index is 0.190. The lowest BCUT2D eigenvalue weighted by molar-refractivity contribution is 0.0890. The highest BCUT2D eigenvalue weighted by Gasteiger charge is 2.27. The van der Waals surface area contributed by atoms with Gasteiger partial charge in [-0.2, -0.15) is 0 Å². The van der Waals surface area contributed by atoms with Crippen molar-refractivity contribution in [3.63, 3.8) is 0 Å². The van der Waals surface area contributed by atoms with Crippen molar-refractivity contribution in [2.75, 3.05) is 13.1 Å². The second-order valence-electron chi connectivity index (χ2n) is 6.74. The summed E-state index contributed by atoms with van der Waals surface area (Å²) in [6, 6.07) is 17.3. The number of hydrogen-bond donors (Lipinski definition) is 3. The van der Waals surface area contributed by atoms with Crippen molar-refractivity contribution in [1.82, 2.24) is 15.6 Å². The fourth-order valence-corrected chi connectivity index (χ4v) is 3.29. The van der Waals surface area contributed by atoms with E-state index in [9.17, 15) is 9.90 Å². The normalized spacial score (nSPS) is 19.6. The Hall–Kier alpha value is -2.76. The molecule has 1 amide bonds. The lowest BCUT2D eigenvalue weighted by Gasteiger charge is -2.17. The third-order valence-corrected chi connectivity index (χ3v) is 4.81. The molecule has 4 rings (SSSR count). The fourth-order valence-electron chi connectivity index (χ4n) is 3.29. The summed E-state index contributed by atoms with van der Waals surface area (Å²) in [6.45, 7) is 3.11. The summed E-state index contributed by atoms with van der Waals surface area (Å²) in [6.07, 6.45) is -0.566. The molecule has 1 fully saturated rings. The van der Waals surface area contributed by atoms with Crippen LogP contribution in [-0.4, -0.2) is 41.2 Å². The van der Waals surface area contributed by atoms with Gasteiger partial charge in [0.1, 0.15) is 0 Å². The van der Waals surface area contributed by atoms with E-state index < -0.39 is 6.10 Å². The van der Waals surface area contributed by atoms with Gasteiger partial charge in [-0.3, -0.25) is 4.79 Å². The fraction of sp³-hybridized carbons (Fsp3) is 0.238. The predicted molar refractivity (Wildman–Crippen MR) is 102 cm³/mol. The largest absolute Gasteiger partial charge is 0.390 e. The number of amides is 1. The van der Waals surface area contributed by atoms with Crippen molar-refractivity contribution >= 4 is 16.8 Å². The Morgan fingerprint density at radius 1 is 1.15 bits per heavy atom. The van der Waals surface area contributed by atoms with Gasteiger partial charge in [-0.05, 0) is 19.1 Å². The van der Waals surface area contributed by atoms with Gasteiger partial charge in [0, 0.05) is 24.0 Å². The first-order valence-corrected chi connectivity index (χ1v) is 8.78. The number of fused-ring (bicyclic) bond motifs is 1. The number of aliphatic hydroxyl groups is 1. The van der Waals surface area contributed by atoms with Crippen LogP contribution in [0.5, 0.6) is 0 Å². The van der Waals surface area contributed by atoms with Crippen molar-refractivity contribution in [1.29, 1.82) is 0 Å². The molecule has 2 aromatic carbocycles. The van der Waals surface area contributed by atoms with Crippen LogP contribution in [0.25, 0.3) is 22.2 Å². The number of benzene rings is 2. The summed E-state index contributed by atoms with van der Waals surface area (Å²) in [4.78, 5) is 17.6. The van der Waals surface area contributed by atoms with Crippen LogP contribution in [0.3, 0.4) is 0 Å². The van der Waals surface area contributed by atoms with Crippen LogP contribution in [0.2, 0.25) is 0 Å². The van der Waals surface area contributed by atoms with Gasteiger partial charge in [0.15, 0.2) is 0 Å². The summed E-state index contributed by atoms with van der Waals surface area (Å²) < 4.78 is 0. The second-order valence-corrected chi connectivity index (χ2v) is 6.74. The molecule has 1 aliphatic rings. The number of carbonyl (C=O) groups is 1. The van der Waals surface area contributed by atoms with Gasteiger partial charge in [0.2, 0.25) is 0 Å². The SMILES string of the molecule is Cc1ccc(-c2cc(C(=O)N[C@@H]3CNC[C@H]3O)c3ccccc3n2)cc1. The highest BCUT2D eigenvalue weighted by molar-refractivity contribution is 6.07. The molecule has 3 aromatic rings. The van der Waals surface area contributed by atoms with E-state index >= 15 is 0 Å². The number of para-hydroxylation sites is 1. The standard InChI is InChI=1S/C21H21N3O2/c1-13-6-8-14(9-7-13)18-10-16(15-4-2-3-5-17(15)23-18)21(26)24-19-11-22-12-20(19)25/h2-10,19-20,22,25H,11-12H2,1H3,(H,24,26)/t19-,20-/m1/s1. The van der Waals surface area contributed by atoms with Gasteiger partial charge in [-0.15, -0.1) is 0 Å². The number of β-amino-alcohol motifs (C(OH)–C–C–N with tert-alkyl or cyclic N) is 1.